The van der Waals surface area contributed by atoms with E-state index in [0.29, 0.717) is 17.6 Å². The van der Waals surface area contributed by atoms with Crippen LogP contribution >= 0.6 is 0 Å². The third-order valence-corrected chi connectivity index (χ3v) is 10.8. The first-order chi connectivity index (χ1) is 25.1. The molecule has 10 aromatic rings. The van der Waals surface area contributed by atoms with Crippen LogP contribution < -0.4 is 0 Å². The van der Waals surface area contributed by atoms with E-state index in [9.17, 15) is 0 Å². The molecule has 0 unspecified atom stereocenters. The summed E-state index contributed by atoms with van der Waals surface area (Å²) in [7, 11) is 0. The van der Waals surface area contributed by atoms with Gasteiger partial charge in [-0.05, 0) is 39.8 Å². The molecule has 11 rings (SSSR count). The maximum atomic E-state index is 5.40. The van der Waals surface area contributed by atoms with Crippen molar-refractivity contribution in [3.8, 4) is 39.9 Å². The average molecular weight is 655 g/mol. The van der Waals surface area contributed by atoms with Crippen LogP contribution in [0.2, 0.25) is 0 Å². The van der Waals surface area contributed by atoms with Gasteiger partial charge in [-0.1, -0.05) is 147 Å². The molecule has 0 amide bonds. The van der Waals surface area contributed by atoms with Crippen LogP contribution in [0.25, 0.3) is 89.2 Å². The number of nitrogens with zero attached hydrogens (tertiary/aromatic N) is 6. The van der Waals surface area contributed by atoms with E-state index in [1.165, 1.54) is 33.0 Å². The lowest BCUT2D eigenvalue weighted by atomic mass is 9.82. The van der Waals surface area contributed by atoms with Gasteiger partial charge >= 0.3 is 0 Å². The SMILES string of the molecule is CC1(C)c2ccccc2-c2c(-c3nc(-c4ccccc4)nc(-n4c5ccccc5c5nc6c7ccccc7c7ccccc7n6c54)n3)cccc21. The minimum absolute atomic E-state index is 0.150. The number of benzene rings is 6. The van der Waals surface area contributed by atoms with Crippen molar-refractivity contribution in [3.63, 3.8) is 0 Å². The predicted octanol–water partition coefficient (Wildman–Crippen LogP) is 10.6. The number of hydrogen-bond donors (Lipinski definition) is 0. The highest BCUT2D eigenvalue weighted by molar-refractivity contribution is 6.16. The molecule has 0 fully saturated rings. The minimum Gasteiger partial charge on any atom is -0.277 e. The van der Waals surface area contributed by atoms with E-state index in [1.807, 2.05) is 18.2 Å². The number of hydrogen-bond acceptors (Lipinski definition) is 4. The molecule has 51 heavy (non-hydrogen) atoms. The molecule has 1 aliphatic carbocycles. The van der Waals surface area contributed by atoms with E-state index < -0.39 is 0 Å². The van der Waals surface area contributed by atoms with Crippen molar-refractivity contribution in [2.45, 2.75) is 19.3 Å². The predicted molar refractivity (Wildman–Crippen MR) is 206 cm³/mol. The van der Waals surface area contributed by atoms with E-state index in [2.05, 4.69) is 150 Å². The van der Waals surface area contributed by atoms with E-state index in [-0.39, 0.29) is 5.41 Å². The van der Waals surface area contributed by atoms with Gasteiger partial charge in [-0.25, -0.2) is 9.97 Å². The second kappa shape index (κ2) is 10.2. The molecule has 1 aliphatic rings. The van der Waals surface area contributed by atoms with Crippen LogP contribution in [0.15, 0.2) is 146 Å². The summed E-state index contributed by atoms with van der Waals surface area (Å²) < 4.78 is 4.47. The number of pyridine rings is 1. The Kier molecular flexibility index (Phi) is 5.63. The molecule has 0 atom stereocenters. The van der Waals surface area contributed by atoms with Crippen LogP contribution in [-0.4, -0.2) is 28.9 Å². The average Bonchev–Trinajstić information content (AvgIpc) is 3.81. The number of fused-ring (bicyclic) bond motifs is 13. The zero-order chi connectivity index (χ0) is 33.8. The number of para-hydroxylation sites is 2. The molecule has 0 bridgehead atoms. The second-order valence-electron chi connectivity index (χ2n) is 13.9. The van der Waals surface area contributed by atoms with Gasteiger partial charge in [-0.3, -0.25) is 8.97 Å². The van der Waals surface area contributed by atoms with Gasteiger partial charge < -0.3 is 0 Å². The van der Waals surface area contributed by atoms with E-state index in [4.69, 9.17) is 19.9 Å². The van der Waals surface area contributed by atoms with E-state index in [0.717, 1.165) is 49.7 Å². The monoisotopic (exact) mass is 654 g/mol. The number of imidazole rings is 1. The molecule has 0 spiro atoms. The van der Waals surface area contributed by atoms with Gasteiger partial charge in [0.15, 0.2) is 17.3 Å². The maximum Gasteiger partial charge on any atom is 0.240 e. The molecule has 6 nitrogen and oxygen atoms in total. The molecule has 4 aromatic heterocycles. The fourth-order valence-electron chi connectivity index (χ4n) is 8.44. The third kappa shape index (κ3) is 3.81. The smallest absolute Gasteiger partial charge is 0.240 e. The Bertz CT molecular complexity index is 3060. The zero-order valence-corrected chi connectivity index (χ0v) is 28.0. The second-order valence-corrected chi connectivity index (χ2v) is 13.9. The Morgan fingerprint density at radius 3 is 1.94 bits per heavy atom. The fourth-order valence-corrected chi connectivity index (χ4v) is 8.44. The molecule has 0 aliphatic heterocycles. The van der Waals surface area contributed by atoms with Crippen molar-refractivity contribution < 1.29 is 0 Å². The Labute approximate surface area is 293 Å². The van der Waals surface area contributed by atoms with Gasteiger partial charge in [0.2, 0.25) is 5.95 Å². The maximum absolute atomic E-state index is 5.40. The van der Waals surface area contributed by atoms with Gasteiger partial charge in [0.25, 0.3) is 0 Å². The molecule has 4 heterocycles. The first-order valence-corrected chi connectivity index (χ1v) is 17.3. The molecule has 0 saturated heterocycles. The minimum atomic E-state index is -0.150. The highest BCUT2D eigenvalue weighted by Gasteiger charge is 2.37. The Morgan fingerprint density at radius 1 is 0.471 bits per heavy atom. The van der Waals surface area contributed by atoms with Gasteiger partial charge in [0.05, 0.1) is 11.0 Å². The van der Waals surface area contributed by atoms with Crippen molar-refractivity contribution >= 4 is 49.4 Å². The molecule has 0 saturated carbocycles. The first-order valence-electron chi connectivity index (χ1n) is 17.3. The van der Waals surface area contributed by atoms with E-state index in [1.54, 1.807) is 0 Å². The van der Waals surface area contributed by atoms with Crippen LogP contribution in [0.1, 0.15) is 25.0 Å². The van der Waals surface area contributed by atoms with Crippen LogP contribution in [0.3, 0.4) is 0 Å². The molecular formula is C45H30N6. The van der Waals surface area contributed by atoms with Crippen molar-refractivity contribution in [2.75, 3.05) is 0 Å². The van der Waals surface area contributed by atoms with Crippen molar-refractivity contribution in [1.29, 1.82) is 0 Å². The summed E-state index contributed by atoms with van der Waals surface area (Å²) in [5, 5.41) is 4.49. The Hall–Kier alpha value is -6.66. The number of rotatable bonds is 3. The molecule has 240 valence electrons. The molecule has 6 heteroatoms. The van der Waals surface area contributed by atoms with Crippen LogP contribution in [0.5, 0.6) is 0 Å². The molecular weight excluding hydrogens is 625 g/mol. The normalized spacial score (nSPS) is 13.5. The molecule has 6 aromatic carbocycles. The van der Waals surface area contributed by atoms with Crippen molar-refractivity contribution in [2.24, 2.45) is 0 Å². The topological polar surface area (TPSA) is 60.9 Å². The Balaban J connectivity index is 1.29. The zero-order valence-electron chi connectivity index (χ0n) is 28.0. The number of aromatic nitrogens is 6. The quantitative estimate of drug-likeness (QED) is 0.178. The van der Waals surface area contributed by atoms with Gasteiger partial charge in [0.1, 0.15) is 11.2 Å². The van der Waals surface area contributed by atoms with E-state index >= 15 is 0 Å². The summed E-state index contributed by atoms with van der Waals surface area (Å²) in [6, 6.07) is 51.0. The fraction of sp³-hybridized carbons (Fsp3) is 0.0667. The van der Waals surface area contributed by atoms with Crippen LogP contribution in [0, 0.1) is 0 Å². The lowest BCUT2D eigenvalue weighted by molar-refractivity contribution is 0.660. The first kappa shape index (κ1) is 28.2. The lowest BCUT2D eigenvalue weighted by Crippen LogP contribution is -2.14. The van der Waals surface area contributed by atoms with Crippen molar-refractivity contribution in [1.82, 2.24) is 28.9 Å². The van der Waals surface area contributed by atoms with Crippen molar-refractivity contribution in [3.05, 3.63) is 157 Å². The highest BCUT2D eigenvalue weighted by Crippen LogP contribution is 2.51. The summed E-state index contributed by atoms with van der Waals surface area (Å²) in [6.45, 7) is 4.61. The van der Waals surface area contributed by atoms with Crippen LogP contribution in [-0.2, 0) is 5.41 Å². The third-order valence-electron chi connectivity index (χ3n) is 10.8. The summed E-state index contributed by atoms with van der Waals surface area (Å²) in [4.78, 5) is 21.3. The van der Waals surface area contributed by atoms with Gasteiger partial charge in [-0.15, -0.1) is 0 Å². The molecule has 0 radical (unpaired) electrons. The highest BCUT2D eigenvalue weighted by atomic mass is 15.3. The summed E-state index contributed by atoms with van der Waals surface area (Å²) in [5.41, 5.74) is 11.6. The Morgan fingerprint density at radius 2 is 1.10 bits per heavy atom. The lowest BCUT2D eigenvalue weighted by Gasteiger charge is -2.21. The largest absolute Gasteiger partial charge is 0.277 e. The standard InChI is InChI=1S/C45H30N6/c1-45(2)34-23-11-8-20-31(34)38-33(22-14-24-35(38)45)41-47-40(27-15-4-3-5-16-27)48-44(49-41)51-37-26-13-10-21-32(37)39-43(51)50-36-25-12-9-18-29(36)28-17-6-7-19-30(28)42(50)46-39/h3-26H,1-2H3. The summed E-state index contributed by atoms with van der Waals surface area (Å²) in [6.07, 6.45) is 0. The summed E-state index contributed by atoms with van der Waals surface area (Å²) >= 11 is 0. The van der Waals surface area contributed by atoms with Crippen LogP contribution in [0.4, 0.5) is 0 Å². The van der Waals surface area contributed by atoms with Gasteiger partial charge in [-0.2, -0.15) is 9.97 Å². The van der Waals surface area contributed by atoms with Gasteiger partial charge in [0, 0.05) is 32.7 Å². The summed E-state index contributed by atoms with van der Waals surface area (Å²) in [5.74, 6) is 1.80. The molecule has 0 N–H and O–H groups in total.